The van der Waals surface area contributed by atoms with Crippen LogP contribution in [0.4, 0.5) is 10.1 Å². The zero-order valence-corrected chi connectivity index (χ0v) is 15.2. The highest BCUT2D eigenvalue weighted by Crippen LogP contribution is 2.35. The van der Waals surface area contributed by atoms with Crippen LogP contribution >= 0.6 is 0 Å². The highest BCUT2D eigenvalue weighted by Gasteiger charge is 2.34. The maximum absolute atomic E-state index is 13.3. The van der Waals surface area contributed by atoms with E-state index >= 15 is 0 Å². The normalized spacial score (nSPS) is 17.1. The lowest BCUT2D eigenvalue weighted by Gasteiger charge is -2.36. The van der Waals surface area contributed by atoms with Gasteiger partial charge in [-0.3, -0.25) is 4.99 Å². The maximum Gasteiger partial charge on any atom is 0.193 e. The summed E-state index contributed by atoms with van der Waals surface area (Å²) in [6, 6.07) is 14.9. The number of hydrogen-bond donors (Lipinski definition) is 2. The number of ether oxygens (including phenoxy) is 1. The molecule has 0 saturated carbocycles. The van der Waals surface area contributed by atoms with E-state index in [-0.39, 0.29) is 11.2 Å². The molecular formula is C21H26FN3O. The Bertz CT molecular complexity index is 752. The highest BCUT2D eigenvalue weighted by atomic mass is 19.1. The lowest BCUT2D eigenvalue weighted by molar-refractivity contribution is 0.0531. The van der Waals surface area contributed by atoms with Crippen LogP contribution in [0.15, 0.2) is 53.5 Å². The number of halogens is 1. The molecule has 1 aliphatic rings. The van der Waals surface area contributed by atoms with Crippen LogP contribution in [0.5, 0.6) is 0 Å². The minimum absolute atomic E-state index is 0.163. The van der Waals surface area contributed by atoms with Crippen molar-refractivity contribution in [3.8, 4) is 0 Å². The van der Waals surface area contributed by atoms with E-state index in [4.69, 9.17) is 10.5 Å². The molecular weight excluding hydrogens is 329 g/mol. The molecule has 3 rings (SSSR count). The number of anilines is 1. The third kappa shape index (κ3) is 4.41. The molecule has 0 bridgehead atoms. The van der Waals surface area contributed by atoms with Crippen molar-refractivity contribution in [2.75, 3.05) is 25.1 Å². The van der Waals surface area contributed by atoms with Gasteiger partial charge in [-0.05, 0) is 54.7 Å². The second-order valence-corrected chi connectivity index (χ2v) is 6.78. The van der Waals surface area contributed by atoms with Crippen LogP contribution in [0, 0.1) is 5.82 Å². The van der Waals surface area contributed by atoms with Gasteiger partial charge in [0.1, 0.15) is 5.82 Å². The van der Waals surface area contributed by atoms with Gasteiger partial charge >= 0.3 is 0 Å². The van der Waals surface area contributed by atoms with Gasteiger partial charge in [0, 0.05) is 24.3 Å². The average Bonchev–Trinajstić information content (AvgIpc) is 2.68. The smallest absolute Gasteiger partial charge is 0.193 e. The molecule has 138 valence electrons. The summed E-state index contributed by atoms with van der Waals surface area (Å²) in [7, 11) is 0. The predicted molar refractivity (Wildman–Crippen MR) is 104 cm³/mol. The number of guanidine groups is 1. The molecule has 1 fully saturated rings. The van der Waals surface area contributed by atoms with Gasteiger partial charge in [-0.2, -0.15) is 0 Å². The Morgan fingerprint density at radius 1 is 1.19 bits per heavy atom. The summed E-state index contributed by atoms with van der Waals surface area (Å²) in [5, 5.41) is 3.17. The van der Waals surface area contributed by atoms with Gasteiger partial charge in [-0.1, -0.05) is 31.2 Å². The fraction of sp³-hybridized carbons (Fsp3) is 0.381. The van der Waals surface area contributed by atoms with E-state index < -0.39 is 0 Å². The number of aliphatic imine (C=N–C) groups is 1. The van der Waals surface area contributed by atoms with Crippen molar-refractivity contribution in [1.82, 2.24) is 0 Å². The summed E-state index contributed by atoms with van der Waals surface area (Å²) in [6.45, 7) is 4.03. The third-order valence-electron chi connectivity index (χ3n) is 5.07. The first-order valence-corrected chi connectivity index (χ1v) is 9.11. The standard InChI is InChI=1S/C21H26FN3O/c1-2-16-4-3-5-19(14-16)25-20(23)24-15-21(10-12-26-13-11-21)17-6-8-18(22)9-7-17/h3-9,14H,2,10-13,15H2,1H3,(H3,23,24,25). The largest absolute Gasteiger partial charge is 0.381 e. The van der Waals surface area contributed by atoms with E-state index in [2.05, 4.69) is 29.4 Å². The maximum atomic E-state index is 13.3. The molecule has 1 heterocycles. The second kappa shape index (κ2) is 8.32. The summed E-state index contributed by atoms with van der Waals surface area (Å²) < 4.78 is 18.8. The van der Waals surface area contributed by atoms with Gasteiger partial charge < -0.3 is 15.8 Å². The van der Waals surface area contributed by atoms with Gasteiger partial charge in [0.15, 0.2) is 5.96 Å². The van der Waals surface area contributed by atoms with Gasteiger partial charge in [0.05, 0.1) is 6.54 Å². The topological polar surface area (TPSA) is 59.6 Å². The van der Waals surface area contributed by atoms with Gasteiger partial charge in [0.25, 0.3) is 0 Å². The first kappa shape index (κ1) is 18.4. The molecule has 3 N–H and O–H groups in total. The summed E-state index contributed by atoms with van der Waals surface area (Å²) in [5.41, 5.74) is 9.23. The lowest BCUT2D eigenvalue weighted by Crippen LogP contribution is -2.38. The summed E-state index contributed by atoms with van der Waals surface area (Å²) in [6.07, 6.45) is 2.67. The van der Waals surface area contributed by atoms with Crippen LogP contribution in [0.25, 0.3) is 0 Å². The minimum atomic E-state index is -0.226. The van der Waals surface area contributed by atoms with Crippen molar-refractivity contribution >= 4 is 11.6 Å². The first-order chi connectivity index (χ1) is 12.6. The number of hydrogen-bond acceptors (Lipinski definition) is 2. The molecule has 0 unspecified atom stereocenters. The molecule has 5 heteroatoms. The molecule has 1 aliphatic heterocycles. The second-order valence-electron chi connectivity index (χ2n) is 6.78. The van der Waals surface area contributed by atoms with Crippen molar-refractivity contribution in [2.45, 2.75) is 31.6 Å². The molecule has 0 amide bonds. The van der Waals surface area contributed by atoms with Crippen LogP contribution in [-0.2, 0) is 16.6 Å². The van der Waals surface area contributed by atoms with Gasteiger partial charge in [-0.25, -0.2) is 4.39 Å². The Morgan fingerprint density at radius 2 is 1.92 bits per heavy atom. The monoisotopic (exact) mass is 355 g/mol. The van der Waals surface area contributed by atoms with Crippen molar-refractivity contribution in [1.29, 1.82) is 0 Å². The van der Waals surface area contributed by atoms with E-state index in [1.807, 2.05) is 24.3 Å². The quantitative estimate of drug-likeness (QED) is 0.632. The minimum Gasteiger partial charge on any atom is -0.381 e. The Hall–Kier alpha value is -2.40. The van der Waals surface area contributed by atoms with Crippen molar-refractivity contribution < 1.29 is 9.13 Å². The number of nitrogens with one attached hydrogen (secondary N) is 1. The molecule has 2 aromatic carbocycles. The fourth-order valence-electron chi connectivity index (χ4n) is 3.40. The van der Waals surface area contributed by atoms with Crippen LogP contribution in [0.3, 0.4) is 0 Å². The Kier molecular flexibility index (Phi) is 5.89. The van der Waals surface area contributed by atoms with E-state index in [9.17, 15) is 4.39 Å². The third-order valence-corrected chi connectivity index (χ3v) is 5.07. The van der Waals surface area contributed by atoms with E-state index in [1.54, 1.807) is 0 Å². The van der Waals surface area contributed by atoms with Gasteiger partial charge in [0.2, 0.25) is 0 Å². The predicted octanol–water partition coefficient (Wildman–Crippen LogP) is 3.86. The van der Waals surface area contributed by atoms with Crippen LogP contribution in [0.2, 0.25) is 0 Å². The zero-order chi connectivity index (χ0) is 18.4. The van der Waals surface area contributed by atoms with Crippen molar-refractivity contribution in [3.63, 3.8) is 0 Å². The Morgan fingerprint density at radius 3 is 2.62 bits per heavy atom. The first-order valence-electron chi connectivity index (χ1n) is 9.11. The SMILES string of the molecule is CCc1cccc(NC(N)=NCC2(c3ccc(F)cc3)CCOCC2)c1. The molecule has 0 atom stereocenters. The number of nitrogens with zero attached hydrogens (tertiary/aromatic N) is 1. The highest BCUT2D eigenvalue weighted by molar-refractivity contribution is 5.92. The molecule has 2 aromatic rings. The number of nitrogens with two attached hydrogens (primary N) is 1. The Labute approximate surface area is 154 Å². The van der Waals surface area contributed by atoms with Crippen LogP contribution in [-0.4, -0.2) is 25.7 Å². The van der Waals surface area contributed by atoms with Crippen LogP contribution < -0.4 is 11.1 Å². The molecule has 0 radical (unpaired) electrons. The summed E-state index contributed by atoms with van der Waals surface area (Å²) in [5.74, 6) is 0.169. The van der Waals surface area contributed by atoms with Gasteiger partial charge in [-0.15, -0.1) is 0 Å². The van der Waals surface area contributed by atoms with E-state index in [0.717, 1.165) is 30.5 Å². The number of rotatable bonds is 5. The van der Waals surface area contributed by atoms with E-state index in [0.29, 0.717) is 25.7 Å². The molecule has 0 aromatic heterocycles. The van der Waals surface area contributed by atoms with Crippen LogP contribution in [0.1, 0.15) is 30.9 Å². The average molecular weight is 355 g/mol. The molecule has 4 nitrogen and oxygen atoms in total. The fourth-order valence-corrected chi connectivity index (χ4v) is 3.40. The van der Waals surface area contributed by atoms with E-state index in [1.165, 1.54) is 17.7 Å². The number of aryl methyl sites for hydroxylation is 1. The lowest BCUT2D eigenvalue weighted by atomic mass is 9.74. The molecule has 26 heavy (non-hydrogen) atoms. The summed E-state index contributed by atoms with van der Waals surface area (Å²) in [4.78, 5) is 4.60. The summed E-state index contributed by atoms with van der Waals surface area (Å²) >= 11 is 0. The van der Waals surface area contributed by atoms with Crippen molar-refractivity contribution in [2.24, 2.45) is 10.7 Å². The molecule has 0 aliphatic carbocycles. The Balaban J connectivity index is 1.76. The molecule has 1 saturated heterocycles. The molecule has 0 spiro atoms. The zero-order valence-electron chi connectivity index (χ0n) is 15.2. The number of benzene rings is 2. The van der Waals surface area contributed by atoms with Crippen molar-refractivity contribution in [3.05, 3.63) is 65.5 Å².